The highest BCUT2D eigenvalue weighted by atomic mass is 35.5. The summed E-state index contributed by atoms with van der Waals surface area (Å²) >= 11 is 5.93. The van der Waals surface area contributed by atoms with Crippen LogP contribution in [0, 0.1) is 5.41 Å². The minimum atomic E-state index is -3.41. The molecule has 0 heterocycles. The second-order valence-electron chi connectivity index (χ2n) is 4.83. The van der Waals surface area contributed by atoms with Crippen LogP contribution in [0.5, 0.6) is 0 Å². The predicted octanol–water partition coefficient (Wildman–Crippen LogP) is 1.53. The van der Waals surface area contributed by atoms with E-state index < -0.39 is 10.0 Å². The standard InChI is InChI=1S/C12H16ClNO3S/c13-11-4-2-1-3-10(11)7-18(16,17)14-8-12(9-15)5-6-12/h1-4,14-15H,5-9H2. The second kappa shape index (κ2) is 5.17. The highest BCUT2D eigenvalue weighted by molar-refractivity contribution is 7.88. The summed E-state index contributed by atoms with van der Waals surface area (Å²) in [6.07, 6.45) is 1.75. The molecule has 1 aromatic carbocycles. The third-order valence-electron chi connectivity index (χ3n) is 3.26. The molecule has 1 aliphatic carbocycles. The third kappa shape index (κ3) is 3.45. The van der Waals surface area contributed by atoms with E-state index in [2.05, 4.69) is 4.72 Å². The highest BCUT2D eigenvalue weighted by Gasteiger charge is 2.42. The van der Waals surface area contributed by atoms with Crippen LogP contribution in [0.4, 0.5) is 0 Å². The molecule has 18 heavy (non-hydrogen) atoms. The fourth-order valence-corrected chi connectivity index (χ4v) is 3.27. The SMILES string of the molecule is O=S(=O)(Cc1ccccc1Cl)NCC1(CO)CC1. The van der Waals surface area contributed by atoms with Gasteiger partial charge in [-0.1, -0.05) is 29.8 Å². The lowest BCUT2D eigenvalue weighted by atomic mass is 10.1. The number of halogens is 1. The molecule has 6 heteroatoms. The molecule has 2 rings (SSSR count). The number of sulfonamides is 1. The minimum Gasteiger partial charge on any atom is -0.396 e. The average Bonchev–Trinajstić information content (AvgIpc) is 3.11. The van der Waals surface area contributed by atoms with Gasteiger partial charge in [-0.15, -0.1) is 0 Å². The maximum Gasteiger partial charge on any atom is 0.215 e. The predicted molar refractivity (Wildman–Crippen MR) is 70.8 cm³/mol. The van der Waals surface area contributed by atoms with Crippen LogP contribution in [-0.2, 0) is 15.8 Å². The number of rotatable bonds is 6. The van der Waals surface area contributed by atoms with Crippen LogP contribution in [-0.4, -0.2) is 26.7 Å². The van der Waals surface area contributed by atoms with E-state index in [0.29, 0.717) is 17.1 Å². The molecule has 0 spiro atoms. The first-order chi connectivity index (χ1) is 8.46. The van der Waals surface area contributed by atoms with Crippen LogP contribution in [0.25, 0.3) is 0 Å². The van der Waals surface area contributed by atoms with Crippen LogP contribution >= 0.6 is 11.6 Å². The van der Waals surface area contributed by atoms with E-state index in [0.717, 1.165) is 12.8 Å². The molecule has 0 aromatic heterocycles. The lowest BCUT2D eigenvalue weighted by molar-refractivity contribution is 0.213. The molecule has 1 aliphatic rings. The molecule has 0 radical (unpaired) electrons. The largest absolute Gasteiger partial charge is 0.396 e. The molecule has 0 atom stereocenters. The van der Waals surface area contributed by atoms with Gasteiger partial charge in [0, 0.05) is 23.6 Å². The Bertz CT molecular complexity index is 526. The summed E-state index contributed by atoms with van der Waals surface area (Å²) in [4.78, 5) is 0. The summed E-state index contributed by atoms with van der Waals surface area (Å²) in [7, 11) is -3.41. The van der Waals surface area contributed by atoms with Gasteiger partial charge in [0.05, 0.1) is 5.75 Å². The molecule has 0 amide bonds. The van der Waals surface area contributed by atoms with Crippen molar-refractivity contribution in [3.8, 4) is 0 Å². The summed E-state index contributed by atoms with van der Waals surface area (Å²) in [6.45, 7) is 0.331. The van der Waals surface area contributed by atoms with Crippen molar-refractivity contribution in [1.82, 2.24) is 4.72 Å². The molecule has 0 unspecified atom stereocenters. The van der Waals surface area contributed by atoms with Crippen molar-refractivity contribution >= 4 is 21.6 Å². The smallest absolute Gasteiger partial charge is 0.215 e. The first-order valence-electron chi connectivity index (χ1n) is 5.78. The van der Waals surface area contributed by atoms with Crippen molar-refractivity contribution in [3.63, 3.8) is 0 Å². The van der Waals surface area contributed by atoms with E-state index in [9.17, 15) is 8.42 Å². The molecule has 0 saturated heterocycles. The third-order valence-corrected chi connectivity index (χ3v) is 4.91. The maximum atomic E-state index is 11.9. The van der Waals surface area contributed by atoms with Crippen molar-refractivity contribution in [2.24, 2.45) is 5.41 Å². The number of hydrogen-bond donors (Lipinski definition) is 2. The zero-order chi connectivity index (χ0) is 13.2. The zero-order valence-corrected chi connectivity index (χ0v) is 11.5. The van der Waals surface area contributed by atoms with Crippen LogP contribution in [0.1, 0.15) is 18.4 Å². The quantitative estimate of drug-likeness (QED) is 0.835. The molecule has 1 aromatic rings. The fourth-order valence-electron chi connectivity index (χ4n) is 1.70. The first kappa shape index (κ1) is 13.8. The summed E-state index contributed by atoms with van der Waals surface area (Å²) in [6, 6.07) is 6.88. The molecular weight excluding hydrogens is 274 g/mol. The van der Waals surface area contributed by atoms with Gasteiger partial charge in [-0.3, -0.25) is 0 Å². The van der Waals surface area contributed by atoms with Gasteiger partial charge in [0.1, 0.15) is 0 Å². The van der Waals surface area contributed by atoms with Gasteiger partial charge in [0.2, 0.25) is 10.0 Å². The zero-order valence-electron chi connectivity index (χ0n) is 9.89. The Labute approximate surface area is 112 Å². The summed E-state index contributed by atoms with van der Waals surface area (Å²) in [5.74, 6) is -0.131. The summed E-state index contributed by atoms with van der Waals surface area (Å²) in [5.41, 5.74) is 0.355. The number of benzene rings is 1. The van der Waals surface area contributed by atoms with Gasteiger partial charge < -0.3 is 5.11 Å². The van der Waals surface area contributed by atoms with Gasteiger partial charge >= 0.3 is 0 Å². The van der Waals surface area contributed by atoms with Crippen molar-refractivity contribution in [1.29, 1.82) is 0 Å². The van der Waals surface area contributed by atoms with Crippen LogP contribution in [0.2, 0.25) is 5.02 Å². The Kier molecular flexibility index (Phi) is 3.96. The monoisotopic (exact) mass is 289 g/mol. The molecule has 2 N–H and O–H groups in total. The Hall–Kier alpha value is -0.620. The van der Waals surface area contributed by atoms with Crippen LogP contribution in [0.15, 0.2) is 24.3 Å². The van der Waals surface area contributed by atoms with Crippen molar-refractivity contribution < 1.29 is 13.5 Å². The molecule has 100 valence electrons. The van der Waals surface area contributed by atoms with E-state index in [1.54, 1.807) is 24.3 Å². The fraction of sp³-hybridized carbons (Fsp3) is 0.500. The first-order valence-corrected chi connectivity index (χ1v) is 7.81. The molecule has 1 fully saturated rings. The normalized spacial score (nSPS) is 17.7. The number of aliphatic hydroxyl groups is 1. The van der Waals surface area contributed by atoms with Gasteiger partial charge in [-0.2, -0.15) is 0 Å². The molecular formula is C12H16ClNO3S. The van der Waals surface area contributed by atoms with E-state index in [1.165, 1.54) is 0 Å². The van der Waals surface area contributed by atoms with Crippen molar-refractivity contribution in [2.45, 2.75) is 18.6 Å². The van der Waals surface area contributed by atoms with Gasteiger partial charge in [0.25, 0.3) is 0 Å². The van der Waals surface area contributed by atoms with Crippen LogP contribution < -0.4 is 4.72 Å². The van der Waals surface area contributed by atoms with E-state index in [1.807, 2.05) is 0 Å². The molecule has 4 nitrogen and oxygen atoms in total. The topological polar surface area (TPSA) is 66.4 Å². The average molecular weight is 290 g/mol. The van der Waals surface area contributed by atoms with E-state index in [4.69, 9.17) is 16.7 Å². The van der Waals surface area contributed by atoms with Gasteiger partial charge in [0.15, 0.2) is 0 Å². The number of aliphatic hydroxyl groups excluding tert-OH is 1. The summed E-state index contributed by atoms with van der Waals surface area (Å²) in [5, 5.41) is 9.58. The van der Waals surface area contributed by atoms with Crippen molar-refractivity contribution in [3.05, 3.63) is 34.9 Å². The molecule has 0 aliphatic heterocycles. The molecule has 1 saturated carbocycles. The second-order valence-corrected chi connectivity index (χ2v) is 7.04. The highest BCUT2D eigenvalue weighted by Crippen LogP contribution is 2.44. The minimum absolute atomic E-state index is 0.0294. The van der Waals surface area contributed by atoms with Crippen LogP contribution in [0.3, 0.4) is 0 Å². The van der Waals surface area contributed by atoms with E-state index in [-0.39, 0.29) is 17.8 Å². The number of hydrogen-bond acceptors (Lipinski definition) is 3. The Morgan fingerprint density at radius 3 is 2.56 bits per heavy atom. The Balaban J connectivity index is 1.98. The Morgan fingerprint density at radius 2 is 2.00 bits per heavy atom. The lowest BCUT2D eigenvalue weighted by Crippen LogP contribution is -2.32. The maximum absolute atomic E-state index is 11.9. The van der Waals surface area contributed by atoms with E-state index >= 15 is 0 Å². The van der Waals surface area contributed by atoms with Gasteiger partial charge in [-0.25, -0.2) is 13.1 Å². The van der Waals surface area contributed by atoms with Gasteiger partial charge in [-0.05, 0) is 24.5 Å². The van der Waals surface area contributed by atoms with Crippen molar-refractivity contribution in [2.75, 3.05) is 13.2 Å². The Morgan fingerprint density at radius 1 is 1.33 bits per heavy atom. The summed E-state index contributed by atoms with van der Waals surface area (Å²) < 4.78 is 26.3. The number of nitrogens with one attached hydrogen (secondary N) is 1. The lowest BCUT2D eigenvalue weighted by Gasteiger charge is -2.13. The molecule has 0 bridgehead atoms.